The Morgan fingerprint density at radius 3 is 2.88 bits per heavy atom. The highest BCUT2D eigenvalue weighted by atomic mass is 35.5. The number of rotatable bonds is 5. The zero-order valence-corrected chi connectivity index (χ0v) is 15.6. The van der Waals surface area contributed by atoms with Gasteiger partial charge in [-0.2, -0.15) is 0 Å². The van der Waals surface area contributed by atoms with Gasteiger partial charge in [0.05, 0.1) is 15.9 Å². The molecule has 0 unspecified atom stereocenters. The molecule has 1 aromatic heterocycles. The van der Waals surface area contributed by atoms with Gasteiger partial charge in [-0.25, -0.2) is 0 Å². The Morgan fingerprint density at radius 1 is 1.38 bits per heavy atom. The summed E-state index contributed by atoms with van der Waals surface area (Å²) in [6.45, 7) is 0.221. The normalized spacial score (nSPS) is 16.0. The Hall–Kier alpha value is -2.16. The lowest BCUT2D eigenvalue weighted by molar-refractivity contribution is -0.137. The number of carbonyl (C=O) groups is 2. The van der Waals surface area contributed by atoms with E-state index in [0.29, 0.717) is 31.6 Å². The van der Waals surface area contributed by atoms with Crippen LogP contribution in [0.3, 0.4) is 0 Å². The number of aliphatic carboxylic acids is 1. The van der Waals surface area contributed by atoms with Crippen molar-refractivity contribution in [2.75, 3.05) is 6.54 Å². The predicted octanol–water partition coefficient (Wildman–Crippen LogP) is 3.51. The fourth-order valence-electron chi connectivity index (χ4n) is 2.44. The van der Waals surface area contributed by atoms with Crippen molar-refractivity contribution in [2.24, 2.45) is 0 Å². The fourth-order valence-corrected chi connectivity index (χ4v) is 3.90. The van der Waals surface area contributed by atoms with E-state index in [1.165, 1.54) is 17.2 Å². The van der Waals surface area contributed by atoms with Gasteiger partial charge < -0.3 is 9.52 Å². The van der Waals surface area contributed by atoms with E-state index in [-0.39, 0.29) is 29.9 Å². The smallest absolute Gasteiger partial charge is 0.303 e. The van der Waals surface area contributed by atoms with Gasteiger partial charge in [-0.05, 0) is 24.6 Å². The Kier molecular flexibility index (Phi) is 5.45. The molecular weight excluding hydrogens is 398 g/mol. The summed E-state index contributed by atoms with van der Waals surface area (Å²) in [7, 11) is 0. The number of carboxylic acids is 1. The molecule has 134 valence electrons. The third-order valence-corrected chi connectivity index (χ3v) is 5.31. The lowest BCUT2D eigenvalue weighted by Crippen LogP contribution is -2.29. The number of halogens is 1. The first-order chi connectivity index (χ1) is 12.4. The predicted molar refractivity (Wildman–Crippen MR) is 104 cm³/mol. The third kappa shape index (κ3) is 3.82. The topological polar surface area (TPSA) is 87.8 Å². The number of carboxylic acid groups (broad SMARTS) is 1. The van der Waals surface area contributed by atoms with Crippen molar-refractivity contribution < 1.29 is 19.1 Å². The van der Waals surface area contributed by atoms with Crippen molar-refractivity contribution in [1.29, 1.82) is 0 Å². The minimum absolute atomic E-state index is 0.0487. The van der Waals surface area contributed by atoms with E-state index in [0.717, 1.165) is 11.8 Å². The zero-order valence-electron chi connectivity index (χ0n) is 13.2. The van der Waals surface area contributed by atoms with Crippen LogP contribution in [0.15, 0.2) is 38.6 Å². The first-order valence-corrected chi connectivity index (χ1v) is 9.15. The van der Waals surface area contributed by atoms with E-state index in [1.54, 1.807) is 18.2 Å². The molecule has 1 aliphatic rings. The van der Waals surface area contributed by atoms with E-state index in [1.807, 2.05) is 0 Å². The highest BCUT2D eigenvalue weighted by molar-refractivity contribution is 8.26. The number of carbonyl (C=O) groups excluding carboxylic acids is 1. The van der Waals surface area contributed by atoms with Crippen molar-refractivity contribution >= 4 is 68.8 Å². The molecule has 2 heterocycles. The van der Waals surface area contributed by atoms with Crippen LogP contribution < -0.4 is 5.43 Å². The van der Waals surface area contributed by atoms with Crippen molar-refractivity contribution in [3.63, 3.8) is 0 Å². The molecule has 1 amide bonds. The van der Waals surface area contributed by atoms with E-state index < -0.39 is 5.97 Å². The molecule has 26 heavy (non-hydrogen) atoms. The Bertz CT molecular complexity index is 1010. The number of thiocarbonyl (C=S) groups is 1. The fraction of sp³-hybridized carbons (Fsp3) is 0.176. The maximum atomic E-state index is 12.6. The first kappa shape index (κ1) is 18.6. The van der Waals surface area contributed by atoms with Crippen LogP contribution in [0, 0.1) is 0 Å². The van der Waals surface area contributed by atoms with E-state index in [9.17, 15) is 14.4 Å². The molecule has 1 fully saturated rings. The van der Waals surface area contributed by atoms with Gasteiger partial charge in [-0.1, -0.05) is 35.6 Å². The van der Waals surface area contributed by atoms with E-state index in [2.05, 4.69) is 0 Å². The number of benzene rings is 1. The molecule has 0 spiro atoms. The third-order valence-electron chi connectivity index (χ3n) is 3.70. The number of amides is 1. The molecule has 6 nitrogen and oxygen atoms in total. The second kappa shape index (κ2) is 7.61. The maximum Gasteiger partial charge on any atom is 0.303 e. The van der Waals surface area contributed by atoms with Crippen LogP contribution in [0.2, 0.25) is 5.02 Å². The molecule has 0 bridgehead atoms. The molecule has 1 aliphatic heterocycles. The molecule has 0 atom stereocenters. The lowest BCUT2D eigenvalue weighted by Gasteiger charge is -2.13. The molecule has 3 rings (SSSR count). The molecule has 1 N–H and O–H groups in total. The Balaban J connectivity index is 1.87. The van der Waals surface area contributed by atoms with Crippen LogP contribution in [-0.2, 0) is 9.59 Å². The highest BCUT2D eigenvalue weighted by Gasteiger charge is 2.31. The van der Waals surface area contributed by atoms with Gasteiger partial charge in [-0.3, -0.25) is 19.3 Å². The average molecular weight is 410 g/mol. The summed E-state index contributed by atoms with van der Waals surface area (Å²) in [5.41, 5.74) is 0.311. The second-order valence-electron chi connectivity index (χ2n) is 5.49. The van der Waals surface area contributed by atoms with Crippen LogP contribution >= 0.6 is 35.6 Å². The Morgan fingerprint density at radius 2 is 2.15 bits per heavy atom. The van der Waals surface area contributed by atoms with Crippen LogP contribution in [0.1, 0.15) is 18.4 Å². The SMILES string of the molecule is O=C(O)CCCN1C(=O)C(=Cc2coc3cc(Cl)ccc3c2=O)SC1=S. The van der Waals surface area contributed by atoms with Crippen molar-refractivity contribution in [3.05, 3.63) is 50.2 Å². The van der Waals surface area contributed by atoms with Crippen LogP contribution in [0.4, 0.5) is 0 Å². The van der Waals surface area contributed by atoms with Crippen molar-refractivity contribution in [2.45, 2.75) is 12.8 Å². The van der Waals surface area contributed by atoms with Crippen LogP contribution in [0.25, 0.3) is 17.0 Å². The number of nitrogens with zero attached hydrogens (tertiary/aromatic N) is 1. The van der Waals surface area contributed by atoms with E-state index in [4.69, 9.17) is 33.3 Å². The standard InChI is InChI=1S/C17H12ClNO5S2/c18-10-3-4-11-12(7-10)24-8-9(15(11)22)6-13-16(23)19(17(25)26-13)5-1-2-14(20)21/h3-4,6-8H,1-2,5H2,(H,20,21). The molecule has 1 aromatic carbocycles. The van der Waals surface area contributed by atoms with Gasteiger partial charge in [0, 0.05) is 24.1 Å². The monoisotopic (exact) mass is 409 g/mol. The molecule has 0 aliphatic carbocycles. The number of hydrogen-bond donors (Lipinski definition) is 1. The van der Waals surface area contributed by atoms with Crippen LogP contribution in [-0.4, -0.2) is 32.7 Å². The van der Waals surface area contributed by atoms with Crippen LogP contribution in [0.5, 0.6) is 0 Å². The summed E-state index contributed by atoms with van der Waals surface area (Å²) in [5.74, 6) is -1.28. The highest BCUT2D eigenvalue weighted by Crippen LogP contribution is 2.32. The molecule has 0 radical (unpaired) electrons. The van der Waals surface area contributed by atoms with Gasteiger partial charge in [-0.15, -0.1) is 0 Å². The van der Waals surface area contributed by atoms with E-state index >= 15 is 0 Å². The van der Waals surface area contributed by atoms with Gasteiger partial charge in [0.25, 0.3) is 5.91 Å². The maximum absolute atomic E-state index is 12.6. The largest absolute Gasteiger partial charge is 0.481 e. The van der Waals surface area contributed by atoms with Crippen molar-refractivity contribution in [3.8, 4) is 0 Å². The molecule has 1 saturated heterocycles. The first-order valence-electron chi connectivity index (χ1n) is 7.55. The van der Waals surface area contributed by atoms with Crippen molar-refractivity contribution in [1.82, 2.24) is 4.90 Å². The minimum Gasteiger partial charge on any atom is -0.481 e. The lowest BCUT2D eigenvalue weighted by atomic mass is 10.1. The molecule has 2 aromatic rings. The summed E-state index contributed by atoms with van der Waals surface area (Å²) >= 11 is 12.1. The molecular formula is C17H12ClNO5S2. The molecule has 9 heteroatoms. The minimum atomic E-state index is -0.931. The molecule has 0 saturated carbocycles. The van der Waals surface area contributed by atoms with Gasteiger partial charge in [0.15, 0.2) is 5.43 Å². The van der Waals surface area contributed by atoms with Gasteiger partial charge in [0.1, 0.15) is 16.2 Å². The quantitative estimate of drug-likeness (QED) is 0.597. The number of thioether (sulfide) groups is 1. The summed E-state index contributed by atoms with van der Waals surface area (Å²) in [6, 6.07) is 4.70. The summed E-state index contributed by atoms with van der Waals surface area (Å²) < 4.78 is 5.77. The Labute approximate surface area is 162 Å². The average Bonchev–Trinajstić information content (AvgIpc) is 2.84. The second-order valence-corrected chi connectivity index (χ2v) is 7.60. The number of fused-ring (bicyclic) bond motifs is 1. The summed E-state index contributed by atoms with van der Waals surface area (Å²) in [5, 5.41) is 9.51. The van der Waals surface area contributed by atoms with Gasteiger partial charge >= 0.3 is 5.97 Å². The summed E-state index contributed by atoms with van der Waals surface area (Å²) in [6.07, 6.45) is 2.97. The number of hydrogen-bond acceptors (Lipinski definition) is 6. The summed E-state index contributed by atoms with van der Waals surface area (Å²) in [4.78, 5) is 37.3. The van der Waals surface area contributed by atoms with Gasteiger partial charge in [0.2, 0.25) is 0 Å². The zero-order chi connectivity index (χ0) is 18.8.